The molecule has 4 fully saturated rings. The first-order valence-electron chi connectivity index (χ1n) is 16.3. The number of urea groups is 1. The van der Waals surface area contributed by atoms with Gasteiger partial charge < -0.3 is 30.4 Å². The van der Waals surface area contributed by atoms with Gasteiger partial charge in [0.05, 0.1) is 23.8 Å². The fraction of sp³-hybridized carbons (Fsp3) is 0.935. The van der Waals surface area contributed by atoms with Crippen LogP contribution in [0.25, 0.3) is 0 Å². The summed E-state index contributed by atoms with van der Waals surface area (Å²) in [4.78, 5) is 25.9. The molecule has 2 bridgehead atoms. The molecule has 7 atom stereocenters. The maximum absolute atomic E-state index is 13.4. The summed E-state index contributed by atoms with van der Waals surface area (Å²) < 4.78 is 13.1. The smallest absolute Gasteiger partial charge is 0.404 e. The zero-order valence-electron chi connectivity index (χ0n) is 26.4. The number of hydrogen-bond acceptors (Lipinski definition) is 5. The highest BCUT2D eigenvalue weighted by Crippen LogP contribution is 2.65. The molecule has 0 radical (unpaired) electrons. The third kappa shape index (κ3) is 8.16. The first-order valence-corrected chi connectivity index (χ1v) is 16.3. The van der Waals surface area contributed by atoms with Gasteiger partial charge in [0, 0.05) is 6.54 Å². The Balaban J connectivity index is 1.47. The van der Waals surface area contributed by atoms with Crippen LogP contribution in [-0.2, 0) is 14.1 Å². The van der Waals surface area contributed by atoms with Crippen LogP contribution in [0.4, 0.5) is 4.79 Å². The third-order valence-corrected chi connectivity index (χ3v) is 9.97. The van der Waals surface area contributed by atoms with E-state index < -0.39 is 31.2 Å². The van der Waals surface area contributed by atoms with Crippen LogP contribution in [-0.4, -0.2) is 60.5 Å². The number of rotatable bonds is 17. The minimum atomic E-state index is -1.07. The fourth-order valence-electron chi connectivity index (χ4n) is 7.32. The number of aliphatic hydroxyl groups is 1. The number of unbranched alkanes of at least 4 members (excludes halogenated alkanes) is 8. The molecule has 8 nitrogen and oxygen atoms in total. The molecule has 3 aliphatic carbocycles. The lowest BCUT2D eigenvalue weighted by Gasteiger charge is -2.64. The summed E-state index contributed by atoms with van der Waals surface area (Å²) in [7, 11) is -0.549. The van der Waals surface area contributed by atoms with Crippen molar-refractivity contribution in [2.24, 2.45) is 23.2 Å². The molecule has 1 heterocycles. The Kier molecular flexibility index (Phi) is 12.2. The molecule has 0 aromatic rings. The molecule has 0 aromatic heterocycles. The van der Waals surface area contributed by atoms with Crippen molar-refractivity contribution in [3.05, 3.63) is 0 Å². The predicted molar refractivity (Wildman–Crippen MR) is 161 cm³/mol. The fourth-order valence-corrected chi connectivity index (χ4v) is 7.32. The Morgan fingerprint density at radius 3 is 2.15 bits per heavy atom. The van der Waals surface area contributed by atoms with Gasteiger partial charge in [-0.05, 0) is 62.7 Å². The van der Waals surface area contributed by atoms with Crippen molar-refractivity contribution < 1.29 is 24.0 Å². The van der Waals surface area contributed by atoms with Gasteiger partial charge in [-0.3, -0.25) is 4.79 Å². The topological polar surface area (TPSA) is 109 Å². The summed E-state index contributed by atoms with van der Waals surface area (Å²) in [5.41, 5.74) is -0.122. The second kappa shape index (κ2) is 14.7. The van der Waals surface area contributed by atoms with Gasteiger partial charge in [0.2, 0.25) is 5.91 Å². The second-order valence-electron chi connectivity index (χ2n) is 14.0. The lowest BCUT2D eigenvalue weighted by atomic mass is 9.43. The average molecular weight is 564 g/mol. The zero-order valence-corrected chi connectivity index (χ0v) is 26.4. The summed E-state index contributed by atoms with van der Waals surface area (Å²) >= 11 is 0. The molecular weight excluding hydrogens is 505 g/mol. The summed E-state index contributed by atoms with van der Waals surface area (Å²) in [5.74, 6) is 0.592. The van der Waals surface area contributed by atoms with E-state index in [1.165, 1.54) is 58.3 Å². The van der Waals surface area contributed by atoms with E-state index in [2.05, 4.69) is 57.5 Å². The summed E-state index contributed by atoms with van der Waals surface area (Å²) in [6.45, 7) is 15.3. The number of carbonyl (C=O) groups excluding carboxylic acids is 2. The number of amides is 3. The van der Waals surface area contributed by atoms with E-state index in [0.717, 1.165) is 19.3 Å². The molecule has 4 N–H and O–H groups in total. The molecular formula is C31H58BN3O5. The van der Waals surface area contributed by atoms with Crippen LogP contribution in [0.15, 0.2) is 0 Å². The summed E-state index contributed by atoms with van der Waals surface area (Å²) in [5, 5.41) is 19.0. The molecule has 0 spiro atoms. The highest BCUT2D eigenvalue weighted by Gasteiger charge is 2.68. The van der Waals surface area contributed by atoms with E-state index in [1.807, 2.05) is 0 Å². The first kappa shape index (κ1) is 33.2. The number of nitrogens with one attached hydrogen (secondary N) is 3. The van der Waals surface area contributed by atoms with E-state index >= 15 is 0 Å². The Labute approximate surface area is 244 Å². The van der Waals surface area contributed by atoms with E-state index in [9.17, 15) is 14.7 Å². The largest absolute Gasteiger partial charge is 0.481 e. The van der Waals surface area contributed by atoms with Crippen LogP contribution in [0, 0.1) is 23.2 Å². The van der Waals surface area contributed by atoms with E-state index in [1.54, 1.807) is 0 Å². The highest BCUT2D eigenvalue weighted by molar-refractivity contribution is 6.48. The van der Waals surface area contributed by atoms with Crippen molar-refractivity contribution in [2.45, 2.75) is 155 Å². The van der Waals surface area contributed by atoms with Crippen molar-refractivity contribution >= 4 is 19.1 Å². The maximum Gasteiger partial charge on any atom is 0.481 e. The Hall–Kier alpha value is -1.32. The van der Waals surface area contributed by atoms with E-state index in [4.69, 9.17) is 9.31 Å². The molecule has 40 heavy (non-hydrogen) atoms. The standard InChI is InChI=1S/C31H58BN3O5/c1-8-9-10-11-12-13-14-15-16-17-33-29(38)35-27(22(4)36)28(37)34-26(18-21(2)3)32-39-25-20-23-19-24(30(23,5)6)31(25,7)40-32/h21-27,36H,8-20H2,1-7H3,(H,34,37)(H2,33,35,38)/t22-,23-,24-,25-,26+,27+,31+/m1/s1. The van der Waals surface area contributed by atoms with Crippen LogP contribution in [0.2, 0.25) is 0 Å². The van der Waals surface area contributed by atoms with Gasteiger partial charge in [0.25, 0.3) is 0 Å². The molecule has 9 heteroatoms. The van der Waals surface area contributed by atoms with Gasteiger partial charge in [-0.25, -0.2) is 4.79 Å². The van der Waals surface area contributed by atoms with Crippen LogP contribution in [0.5, 0.6) is 0 Å². The summed E-state index contributed by atoms with van der Waals surface area (Å²) in [6, 6.07) is -1.50. The van der Waals surface area contributed by atoms with Crippen LogP contribution >= 0.6 is 0 Å². The lowest BCUT2D eigenvalue weighted by molar-refractivity contribution is -0.199. The van der Waals surface area contributed by atoms with Gasteiger partial charge in [-0.15, -0.1) is 0 Å². The second-order valence-corrected chi connectivity index (χ2v) is 14.0. The number of aliphatic hydroxyl groups excluding tert-OH is 1. The molecule has 230 valence electrons. The van der Waals surface area contributed by atoms with Gasteiger partial charge in [0.15, 0.2) is 0 Å². The molecule has 0 unspecified atom stereocenters. The molecule has 0 aromatic carbocycles. The maximum atomic E-state index is 13.4. The van der Waals surface area contributed by atoms with Crippen molar-refractivity contribution in [1.82, 2.24) is 16.0 Å². The van der Waals surface area contributed by atoms with Crippen LogP contribution in [0.1, 0.15) is 126 Å². The third-order valence-electron chi connectivity index (χ3n) is 9.97. The van der Waals surface area contributed by atoms with Crippen molar-refractivity contribution in [3.8, 4) is 0 Å². The lowest BCUT2D eigenvalue weighted by Crippen LogP contribution is -2.65. The Morgan fingerprint density at radius 2 is 1.57 bits per heavy atom. The van der Waals surface area contributed by atoms with Crippen molar-refractivity contribution in [2.75, 3.05) is 6.54 Å². The van der Waals surface area contributed by atoms with Gasteiger partial charge in [0.1, 0.15) is 6.04 Å². The van der Waals surface area contributed by atoms with Gasteiger partial charge in [-0.2, -0.15) is 0 Å². The molecule has 4 rings (SSSR count). The van der Waals surface area contributed by atoms with Crippen LogP contribution in [0.3, 0.4) is 0 Å². The quantitative estimate of drug-likeness (QED) is 0.141. The molecule has 3 amide bonds. The van der Waals surface area contributed by atoms with Crippen LogP contribution < -0.4 is 16.0 Å². The number of carbonyl (C=O) groups is 2. The van der Waals surface area contributed by atoms with Crippen molar-refractivity contribution in [1.29, 1.82) is 0 Å². The Morgan fingerprint density at radius 1 is 0.950 bits per heavy atom. The zero-order chi connectivity index (χ0) is 29.5. The molecule has 1 saturated heterocycles. The molecule has 3 saturated carbocycles. The van der Waals surface area contributed by atoms with E-state index in [-0.39, 0.29) is 23.1 Å². The van der Waals surface area contributed by atoms with Gasteiger partial charge in [-0.1, -0.05) is 86.0 Å². The predicted octanol–water partition coefficient (Wildman–Crippen LogP) is 5.36. The molecule has 1 aliphatic heterocycles. The normalized spacial score (nSPS) is 28.8. The monoisotopic (exact) mass is 563 g/mol. The highest BCUT2D eigenvalue weighted by atomic mass is 16.7. The van der Waals surface area contributed by atoms with Crippen molar-refractivity contribution in [3.63, 3.8) is 0 Å². The summed E-state index contributed by atoms with van der Waals surface area (Å²) in [6.07, 6.45) is 12.7. The minimum Gasteiger partial charge on any atom is -0.404 e. The first-order chi connectivity index (χ1) is 18.9. The average Bonchev–Trinajstić information content (AvgIpc) is 3.24. The number of hydrogen-bond donors (Lipinski definition) is 4. The molecule has 4 aliphatic rings. The van der Waals surface area contributed by atoms with Gasteiger partial charge >= 0.3 is 13.1 Å². The minimum absolute atomic E-state index is 0.0263. The SMILES string of the molecule is CCCCCCCCCCCNC(=O)N[C@H](C(=O)N[C@@H](CC(C)C)B1O[C@@H]2C[C@H]3C[C@H](C3(C)C)[C@]2(C)O1)[C@@H](C)O. The Bertz CT molecular complexity index is 825. The van der Waals surface area contributed by atoms with E-state index in [0.29, 0.717) is 30.7 Å².